The summed E-state index contributed by atoms with van der Waals surface area (Å²) in [5.74, 6) is 0.856. The van der Waals surface area contributed by atoms with Gasteiger partial charge in [-0.05, 0) is 47.8 Å². The Balaban J connectivity index is 0.000000182. The van der Waals surface area contributed by atoms with Crippen molar-refractivity contribution in [2.75, 3.05) is 0 Å². The van der Waals surface area contributed by atoms with Crippen LogP contribution in [-0.4, -0.2) is 32.6 Å². The van der Waals surface area contributed by atoms with Crippen LogP contribution in [0.1, 0.15) is 38.4 Å². The molecule has 8 heteroatoms. The Morgan fingerprint density at radius 2 is 1.74 bits per heavy atom. The molecular weight excluding hydrogens is 775 g/mol. The van der Waals surface area contributed by atoms with Gasteiger partial charge in [-0.3, -0.25) is 9.97 Å². The summed E-state index contributed by atoms with van der Waals surface area (Å²) in [6.45, 7) is 16.2. The minimum absolute atomic E-state index is 0. The number of benzene rings is 2. The van der Waals surface area contributed by atoms with Gasteiger partial charge >= 0.3 is 0 Å². The molecule has 47 heavy (non-hydrogen) atoms. The number of rotatable bonds is 6. The van der Waals surface area contributed by atoms with Gasteiger partial charge < -0.3 is 14.0 Å². The van der Waals surface area contributed by atoms with Crippen LogP contribution < -0.4 is 5.19 Å². The van der Waals surface area contributed by atoms with Crippen molar-refractivity contribution in [3.05, 3.63) is 103 Å². The third kappa shape index (κ3) is 7.30. The van der Waals surface area contributed by atoms with E-state index >= 15 is 0 Å². The summed E-state index contributed by atoms with van der Waals surface area (Å²) < 4.78 is 7.87. The van der Waals surface area contributed by atoms with Crippen LogP contribution in [0.25, 0.3) is 55.7 Å². The molecule has 7 rings (SSSR count). The summed E-state index contributed by atoms with van der Waals surface area (Å²) >= 11 is 0. The van der Waals surface area contributed by atoms with E-state index in [4.69, 9.17) is 14.4 Å². The third-order valence-corrected chi connectivity index (χ3v) is 10.8. The molecule has 0 aliphatic carbocycles. The van der Waals surface area contributed by atoms with E-state index in [1.54, 1.807) is 6.20 Å². The molecule has 6 nitrogen and oxygen atoms in total. The molecule has 7 aromatic rings. The van der Waals surface area contributed by atoms with Crippen LogP contribution >= 0.6 is 0 Å². The van der Waals surface area contributed by atoms with Crippen molar-refractivity contribution in [3.8, 4) is 22.6 Å². The predicted molar refractivity (Wildman–Crippen MR) is 192 cm³/mol. The van der Waals surface area contributed by atoms with Crippen LogP contribution in [0, 0.1) is 24.5 Å². The Morgan fingerprint density at radius 1 is 0.936 bits per heavy atom. The largest absolute Gasteiger partial charge is 0.486 e. The molecule has 0 saturated heterocycles. The molecule has 243 valence electrons. The van der Waals surface area contributed by atoms with Crippen LogP contribution in [0.3, 0.4) is 0 Å². The second-order valence-corrected chi connectivity index (χ2v) is 18.9. The van der Waals surface area contributed by atoms with E-state index in [0.29, 0.717) is 11.1 Å². The molecule has 0 unspecified atom stereocenters. The number of fused-ring (bicyclic) bond motifs is 4. The molecule has 0 bridgehead atoms. The number of imidazole rings is 1. The van der Waals surface area contributed by atoms with Gasteiger partial charge in [0.15, 0.2) is 0 Å². The fourth-order valence-corrected chi connectivity index (χ4v) is 7.33. The Bertz CT molecular complexity index is 2160. The quantitative estimate of drug-likeness (QED) is 0.124. The Morgan fingerprint density at radius 3 is 2.45 bits per heavy atom. The Kier molecular flexibility index (Phi) is 9.97. The van der Waals surface area contributed by atoms with Gasteiger partial charge in [-0.2, -0.15) is 0 Å². The molecule has 5 aromatic heterocycles. The number of hydrogen-bond acceptors (Lipinski definition) is 5. The summed E-state index contributed by atoms with van der Waals surface area (Å²) in [5, 5.41) is 3.52. The van der Waals surface area contributed by atoms with E-state index in [2.05, 4.69) is 93.0 Å². The van der Waals surface area contributed by atoms with E-state index in [9.17, 15) is 0 Å². The molecule has 1 radical (unpaired) electrons. The van der Waals surface area contributed by atoms with Crippen LogP contribution in [0.5, 0.6) is 0 Å². The van der Waals surface area contributed by atoms with Gasteiger partial charge in [-0.1, -0.05) is 63.8 Å². The molecule has 0 aliphatic heterocycles. The maximum atomic E-state index is 5.83. The zero-order valence-electron chi connectivity index (χ0n) is 28.4. The van der Waals surface area contributed by atoms with Crippen molar-refractivity contribution in [3.63, 3.8) is 0 Å². The number of nitrogens with zero attached hydrogens (tertiary/aromatic N) is 5. The van der Waals surface area contributed by atoms with Crippen LogP contribution in [-0.2, 0) is 33.6 Å². The molecular formula is C39H41IrN5OSi-2. The van der Waals surface area contributed by atoms with Crippen molar-refractivity contribution in [2.45, 2.75) is 60.2 Å². The molecule has 0 atom stereocenters. The zero-order chi connectivity index (χ0) is 32.6. The van der Waals surface area contributed by atoms with Crippen molar-refractivity contribution < 1.29 is 24.5 Å². The smallest absolute Gasteiger partial charge is 0.216 e. The molecule has 0 amide bonds. The summed E-state index contributed by atoms with van der Waals surface area (Å²) in [7, 11) is 0.602. The fraction of sp³-hybridized carbons (Fsp3) is 0.282. The maximum Gasteiger partial charge on any atom is 0.216 e. The molecule has 0 aliphatic rings. The number of aryl methyl sites for hydroxylation is 2. The molecule has 0 saturated carbocycles. The summed E-state index contributed by atoms with van der Waals surface area (Å²) in [6, 6.07) is 26.9. The van der Waals surface area contributed by atoms with Crippen LogP contribution in [0.15, 0.2) is 83.7 Å². The second kappa shape index (κ2) is 13.6. The SMILES string of the molecule is CCC(C)(C)Cc1cc(-c2[c-]cccc2)ncc1[Si](C)(C)C.Cc1ccc2c(n1)oc1c[c-]c(-c3nc4ccncc4n3C)cc12.[Ir]. The first-order valence-corrected chi connectivity index (χ1v) is 19.4. The number of pyridine rings is 3. The van der Waals surface area contributed by atoms with Gasteiger partial charge in [-0.15, -0.1) is 59.7 Å². The summed E-state index contributed by atoms with van der Waals surface area (Å²) in [5.41, 5.74) is 9.15. The van der Waals surface area contributed by atoms with Gasteiger partial charge in [0.05, 0.1) is 36.7 Å². The topological polar surface area (TPSA) is 69.6 Å². The van der Waals surface area contributed by atoms with Gasteiger partial charge in [0.1, 0.15) is 0 Å². The standard InChI is InChI=1S/C20H28NSi.C19H13N4O.Ir/c1-7-20(2,3)14-17-13-18(16-11-9-8-10-12-16)21-15-19(17)22(4,5)6;1-11-3-5-13-14-9-12(4-6-17(14)24-19(13)21-11)18-22-15-7-8-20-10-16(15)23(18)2;/h8-11,13,15H,7,14H2,1-6H3;3,5-10H,1-2H3;/q2*-1;. The van der Waals surface area contributed by atoms with Crippen molar-refractivity contribution in [1.29, 1.82) is 0 Å². The molecule has 0 fully saturated rings. The maximum absolute atomic E-state index is 5.83. The third-order valence-electron chi connectivity index (χ3n) is 8.74. The normalized spacial score (nSPS) is 11.8. The molecule has 0 N–H and O–H groups in total. The van der Waals surface area contributed by atoms with Gasteiger partial charge in [0.2, 0.25) is 5.71 Å². The first kappa shape index (κ1) is 34.4. The van der Waals surface area contributed by atoms with Gasteiger partial charge in [-0.25, -0.2) is 4.98 Å². The fourth-order valence-electron chi connectivity index (χ4n) is 5.76. The van der Waals surface area contributed by atoms with E-state index in [1.165, 1.54) is 17.2 Å². The number of furan rings is 1. The summed E-state index contributed by atoms with van der Waals surface area (Å²) in [6.07, 6.45) is 8.01. The average Bonchev–Trinajstić information content (AvgIpc) is 3.57. The van der Waals surface area contributed by atoms with Crippen LogP contribution in [0.2, 0.25) is 19.6 Å². The monoisotopic (exact) mass is 816 g/mol. The van der Waals surface area contributed by atoms with Crippen LogP contribution in [0.4, 0.5) is 0 Å². The first-order chi connectivity index (χ1) is 21.9. The summed E-state index contributed by atoms with van der Waals surface area (Å²) in [4.78, 5) is 18.1. The van der Waals surface area contributed by atoms with E-state index < -0.39 is 8.07 Å². The Labute approximate surface area is 292 Å². The zero-order valence-corrected chi connectivity index (χ0v) is 31.8. The molecule has 2 aromatic carbocycles. The van der Waals surface area contributed by atoms with Gasteiger partial charge in [0.25, 0.3) is 0 Å². The van der Waals surface area contributed by atoms with Crippen molar-refractivity contribution >= 4 is 46.4 Å². The van der Waals surface area contributed by atoms with E-state index in [1.807, 2.05) is 61.1 Å². The molecule has 5 heterocycles. The predicted octanol–water partition coefficient (Wildman–Crippen LogP) is 9.11. The molecule has 0 spiro atoms. The van der Waals surface area contributed by atoms with Gasteiger partial charge in [0, 0.05) is 50.6 Å². The number of aromatic nitrogens is 5. The minimum atomic E-state index is -1.39. The second-order valence-electron chi connectivity index (χ2n) is 13.8. The Hall–Kier alpha value is -3.97. The first-order valence-electron chi connectivity index (χ1n) is 15.9. The minimum Gasteiger partial charge on any atom is -0.486 e. The van der Waals surface area contributed by atoms with Crippen molar-refractivity contribution in [2.24, 2.45) is 12.5 Å². The van der Waals surface area contributed by atoms with Crippen molar-refractivity contribution in [1.82, 2.24) is 24.5 Å². The average molecular weight is 816 g/mol. The van der Waals surface area contributed by atoms with E-state index in [-0.39, 0.29) is 20.1 Å². The van der Waals surface area contributed by atoms with E-state index in [0.717, 1.165) is 62.1 Å². The number of hydrogen-bond donors (Lipinski definition) is 0.